The number of rotatable bonds is 3. The second-order valence-corrected chi connectivity index (χ2v) is 3.00. The van der Waals surface area contributed by atoms with Crippen LogP contribution in [-0.4, -0.2) is 10.3 Å². The molecule has 0 amide bonds. The Bertz CT molecular complexity index is 436. The number of benzene rings is 1. The van der Waals surface area contributed by atoms with Gasteiger partial charge in [0.05, 0.1) is 0 Å². The smallest absolute Gasteiger partial charge is 0.222 e. The van der Waals surface area contributed by atoms with Crippen LogP contribution in [-0.2, 0) is 6.61 Å². The van der Waals surface area contributed by atoms with Gasteiger partial charge in [-0.3, -0.25) is 0 Å². The summed E-state index contributed by atoms with van der Waals surface area (Å²) in [7, 11) is 0. The summed E-state index contributed by atoms with van der Waals surface area (Å²) in [5.74, 6) is 1.11. The van der Waals surface area contributed by atoms with Gasteiger partial charge in [0.25, 0.3) is 0 Å². The monoisotopic (exact) mass is 206 g/mol. The Labute approximate surface area is 86.1 Å². The lowest BCUT2D eigenvalue weighted by atomic mass is 10.3. The minimum absolute atomic E-state index is 0.202. The highest BCUT2D eigenvalue weighted by Crippen LogP contribution is 2.17. The van der Waals surface area contributed by atoms with Gasteiger partial charge < -0.3 is 20.1 Å². The molecule has 0 saturated heterocycles. The van der Waals surface area contributed by atoms with Gasteiger partial charge in [0.1, 0.15) is 23.8 Å². The van der Waals surface area contributed by atoms with Gasteiger partial charge in [-0.2, -0.15) is 0 Å². The van der Waals surface area contributed by atoms with Crippen molar-refractivity contribution in [2.45, 2.75) is 6.61 Å². The molecule has 0 spiro atoms. The molecule has 1 aromatic heterocycles. The van der Waals surface area contributed by atoms with Crippen LogP contribution in [0.15, 0.2) is 34.9 Å². The number of hydrogen-bond donors (Lipinski definition) is 2. The first-order valence-electron chi connectivity index (χ1n) is 4.37. The van der Waals surface area contributed by atoms with E-state index in [-0.39, 0.29) is 18.2 Å². The van der Waals surface area contributed by atoms with Gasteiger partial charge in [0.15, 0.2) is 0 Å². The van der Waals surface area contributed by atoms with Crippen molar-refractivity contribution in [2.24, 2.45) is 0 Å². The molecule has 1 aromatic carbocycles. The Morgan fingerprint density at radius 1 is 1.33 bits per heavy atom. The molecule has 78 valence electrons. The predicted molar refractivity (Wildman–Crippen MR) is 53.4 cm³/mol. The van der Waals surface area contributed by atoms with Gasteiger partial charge in [0, 0.05) is 6.07 Å². The first-order valence-corrected chi connectivity index (χ1v) is 4.37. The van der Waals surface area contributed by atoms with Crippen LogP contribution in [0.2, 0.25) is 0 Å². The molecule has 5 heteroatoms. The molecule has 5 nitrogen and oxygen atoms in total. The van der Waals surface area contributed by atoms with Crippen LogP contribution in [0.5, 0.6) is 11.5 Å². The number of phenolic OH excluding ortho intramolecular Hbond substituents is 1. The van der Waals surface area contributed by atoms with Crippen LogP contribution in [0.1, 0.15) is 5.69 Å². The van der Waals surface area contributed by atoms with Gasteiger partial charge >= 0.3 is 0 Å². The molecule has 0 radical (unpaired) electrons. The number of aromatic nitrogens is 1. The van der Waals surface area contributed by atoms with E-state index in [4.69, 9.17) is 15.6 Å². The zero-order chi connectivity index (χ0) is 10.7. The number of nitrogens with zero attached hydrogens (tertiary/aromatic N) is 1. The maximum Gasteiger partial charge on any atom is 0.222 e. The lowest BCUT2D eigenvalue weighted by Gasteiger charge is -2.02. The molecular formula is C10H10N2O3. The standard InChI is InChI=1S/C10H10N2O3/c11-10-5-7(12-15-10)6-14-9-3-1-8(13)2-4-9/h1-5,13H,6,11H2. The molecule has 15 heavy (non-hydrogen) atoms. The van der Waals surface area contributed by atoms with Gasteiger partial charge in [-0.05, 0) is 24.3 Å². The summed E-state index contributed by atoms with van der Waals surface area (Å²) < 4.78 is 10.1. The van der Waals surface area contributed by atoms with Crippen molar-refractivity contribution in [1.82, 2.24) is 5.16 Å². The Morgan fingerprint density at radius 3 is 2.67 bits per heavy atom. The highest BCUT2D eigenvalue weighted by molar-refractivity contribution is 5.30. The largest absolute Gasteiger partial charge is 0.508 e. The Kier molecular flexibility index (Phi) is 2.45. The zero-order valence-corrected chi connectivity index (χ0v) is 7.88. The minimum atomic E-state index is 0.202. The first-order chi connectivity index (χ1) is 7.24. The second kappa shape index (κ2) is 3.91. The molecule has 0 unspecified atom stereocenters. The number of ether oxygens (including phenoxy) is 1. The second-order valence-electron chi connectivity index (χ2n) is 3.00. The molecule has 3 N–H and O–H groups in total. The lowest BCUT2D eigenvalue weighted by Crippen LogP contribution is -1.94. The van der Waals surface area contributed by atoms with Crippen LogP contribution in [0.25, 0.3) is 0 Å². The van der Waals surface area contributed by atoms with Crippen LogP contribution in [0, 0.1) is 0 Å². The predicted octanol–water partition coefficient (Wildman–Crippen LogP) is 1.54. The molecule has 0 bridgehead atoms. The van der Waals surface area contributed by atoms with E-state index in [1.165, 1.54) is 0 Å². The molecule has 0 fully saturated rings. The molecule has 0 atom stereocenters. The first kappa shape index (κ1) is 9.39. The maximum absolute atomic E-state index is 9.05. The van der Waals surface area contributed by atoms with Crippen LogP contribution >= 0.6 is 0 Å². The zero-order valence-electron chi connectivity index (χ0n) is 7.88. The third-order valence-corrected chi connectivity index (χ3v) is 1.80. The van der Waals surface area contributed by atoms with Gasteiger partial charge in [-0.15, -0.1) is 0 Å². The van der Waals surface area contributed by atoms with Crippen molar-refractivity contribution < 1.29 is 14.4 Å². The molecule has 0 saturated carbocycles. The van der Waals surface area contributed by atoms with E-state index in [0.717, 1.165) is 0 Å². The Balaban J connectivity index is 1.96. The normalized spacial score (nSPS) is 10.1. The highest BCUT2D eigenvalue weighted by atomic mass is 16.5. The number of hydrogen-bond acceptors (Lipinski definition) is 5. The topological polar surface area (TPSA) is 81.5 Å². The summed E-state index contributed by atoms with van der Waals surface area (Å²) in [5.41, 5.74) is 5.98. The van der Waals surface area contributed by atoms with Gasteiger partial charge in [-0.1, -0.05) is 5.16 Å². The average molecular weight is 206 g/mol. The van der Waals surface area contributed by atoms with E-state index in [1.54, 1.807) is 30.3 Å². The Hall–Kier alpha value is -2.17. The number of anilines is 1. The van der Waals surface area contributed by atoms with E-state index in [9.17, 15) is 0 Å². The SMILES string of the molecule is Nc1cc(COc2ccc(O)cc2)no1. The van der Waals surface area contributed by atoms with Crippen molar-refractivity contribution in [2.75, 3.05) is 5.73 Å². The molecule has 2 aromatic rings. The van der Waals surface area contributed by atoms with E-state index in [0.29, 0.717) is 11.4 Å². The highest BCUT2D eigenvalue weighted by Gasteiger charge is 2.01. The molecular weight excluding hydrogens is 196 g/mol. The minimum Gasteiger partial charge on any atom is -0.508 e. The van der Waals surface area contributed by atoms with E-state index in [1.807, 2.05) is 0 Å². The van der Waals surface area contributed by atoms with Crippen LogP contribution in [0.3, 0.4) is 0 Å². The molecule has 1 heterocycles. The fourth-order valence-electron chi connectivity index (χ4n) is 1.10. The summed E-state index contributed by atoms with van der Waals surface area (Å²) in [6, 6.07) is 8.02. The summed E-state index contributed by atoms with van der Waals surface area (Å²) in [6.45, 7) is 0.283. The summed E-state index contributed by atoms with van der Waals surface area (Å²) in [5, 5.41) is 12.7. The number of phenols is 1. The van der Waals surface area contributed by atoms with Crippen molar-refractivity contribution in [3.05, 3.63) is 36.0 Å². The Morgan fingerprint density at radius 2 is 2.07 bits per heavy atom. The summed E-state index contributed by atoms with van der Waals surface area (Å²) in [4.78, 5) is 0. The van der Waals surface area contributed by atoms with E-state index >= 15 is 0 Å². The molecule has 2 rings (SSSR count). The summed E-state index contributed by atoms with van der Waals surface area (Å²) in [6.07, 6.45) is 0. The van der Waals surface area contributed by atoms with Crippen LogP contribution < -0.4 is 10.5 Å². The van der Waals surface area contributed by atoms with Crippen molar-refractivity contribution in [3.8, 4) is 11.5 Å². The molecule has 0 aliphatic carbocycles. The van der Waals surface area contributed by atoms with Crippen molar-refractivity contribution in [3.63, 3.8) is 0 Å². The third kappa shape index (κ3) is 2.40. The van der Waals surface area contributed by atoms with E-state index in [2.05, 4.69) is 9.68 Å². The van der Waals surface area contributed by atoms with E-state index < -0.39 is 0 Å². The quantitative estimate of drug-likeness (QED) is 0.796. The third-order valence-electron chi connectivity index (χ3n) is 1.80. The lowest BCUT2D eigenvalue weighted by molar-refractivity contribution is 0.290. The average Bonchev–Trinajstić information content (AvgIpc) is 2.64. The molecule has 0 aliphatic heterocycles. The number of nitrogens with two attached hydrogens (primary N) is 1. The molecule has 0 aliphatic rings. The van der Waals surface area contributed by atoms with Crippen molar-refractivity contribution in [1.29, 1.82) is 0 Å². The van der Waals surface area contributed by atoms with Gasteiger partial charge in [-0.25, -0.2) is 0 Å². The fraction of sp³-hybridized carbons (Fsp3) is 0.100. The maximum atomic E-state index is 9.05. The fourth-order valence-corrected chi connectivity index (χ4v) is 1.10. The number of nitrogen functional groups attached to an aromatic ring is 1. The van der Waals surface area contributed by atoms with Crippen LogP contribution in [0.4, 0.5) is 5.88 Å². The van der Waals surface area contributed by atoms with Gasteiger partial charge in [0.2, 0.25) is 5.88 Å². The summed E-state index contributed by atoms with van der Waals surface area (Å²) >= 11 is 0. The van der Waals surface area contributed by atoms with Crippen molar-refractivity contribution >= 4 is 5.88 Å². The number of aromatic hydroxyl groups is 1.